The van der Waals surface area contributed by atoms with Crippen LogP contribution in [0.5, 0.6) is 5.75 Å². The zero-order valence-electron chi connectivity index (χ0n) is 10.7. The molecule has 3 rings (SSSR count). The van der Waals surface area contributed by atoms with Crippen LogP contribution in [0.1, 0.15) is 30.1 Å². The van der Waals surface area contributed by atoms with Gasteiger partial charge >= 0.3 is 0 Å². The average molecular weight is 256 g/mol. The molecular formula is C14H16N4O. The van der Waals surface area contributed by atoms with Crippen molar-refractivity contribution in [3.05, 3.63) is 41.5 Å². The fraction of sp³-hybridized carbons (Fsp3) is 0.357. The number of ether oxygens (including phenoxy) is 1. The Morgan fingerprint density at radius 1 is 1.00 bits per heavy atom. The predicted octanol–water partition coefficient (Wildman–Crippen LogP) is 1.91. The summed E-state index contributed by atoms with van der Waals surface area (Å²) < 4.78 is 5.62. The van der Waals surface area contributed by atoms with E-state index in [-0.39, 0.29) is 0 Å². The van der Waals surface area contributed by atoms with Crippen LogP contribution in [0.3, 0.4) is 0 Å². The van der Waals surface area contributed by atoms with Crippen molar-refractivity contribution in [1.82, 2.24) is 15.2 Å². The third-order valence-electron chi connectivity index (χ3n) is 3.21. The van der Waals surface area contributed by atoms with Gasteiger partial charge in [0.2, 0.25) is 0 Å². The molecule has 0 saturated heterocycles. The van der Waals surface area contributed by atoms with Crippen molar-refractivity contribution in [2.45, 2.75) is 32.3 Å². The van der Waals surface area contributed by atoms with Crippen molar-refractivity contribution < 1.29 is 4.74 Å². The zero-order valence-corrected chi connectivity index (χ0v) is 10.7. The highest BCUT2D eigenvalue weighted by Gasteiger charge is 2.13. The lowest BCUT2D eigenvalue weighted by Gasteiger charge is -2.13. The lowest BCUT2D eigenvalue weighted by atomic mass is 10.0. The highest BCUT2D eigenvalue weighted by atomic mass is 16.5. The fourth-order valence-electron chi connectivity index (χ4n) is 2.17. The number of nitrogens with two attached hydrogens (primary N) is 1. The lowest BCUT2D eigenvalue weighted by molar-refractivity contribution is 0.292. The molecule has 1 aromatic carbocycles. The van der Waals surface area contributed by atoms with Gasteiger partial charge in [-0.2, -0.15) is 5.10 Å². The molecule has 19 heavy (non-hydrogen) atoms. The van der Waals surface area contributed by atoms with Gasteiger partial charge in [-0.25, -0.2) is 4.98 Å². The first-order valence-corrected chi connectivity index (χ1v) is 6.51. The summed E-state index contributed by atoms with van der Waals surface area (Å²) in [6, 6.07) is 7.28. The number of aryl methyl sites for hydroxylation is 2. The Bertz CT molecular complexity index is 568. The van der Waals surface area contributed by atoms with Crippen LogP contribution in [-0.2, 0) is 19.4 Å². The van der Waals surface area contributed by atoms with Crippen molar-refractivity contribution in [3.63, 3.8) is 0 Å². The summed E-state index contributed by atoms with van der Waals surface area (Å²) in [6.45, 7) is 0.337. The van der Waals surface area contributed by atoms with Gasteiger partial charge in [0.1, 0.15) is 12.4 Å². The number of nitrogen functional groups attached to an aromatic ring is 1. The van der Waals surface area contributed by atoms with Gasteiger partial charge in [0.25, 0.3) is 0 Å². The van der Waals surface area contributed by atoms with Crippen LogP contribution in [0.4, 0.5) is 5.69 Å². The molecule has 1 aromatic heterocycles. The largest absolute Gasteiger partial charge is 0.486 e. The van der Waals surface area contributed by atoms with E-state index in [1.807, 2.05) is 12.1 Å². The van der Waals surface area contributed by atoms with Crippen LogP contribution in [0.2, 0.25) is 0 Å². The molecule has 5 heteroatoms. The topological polar surface area (TPSA) is 73.9 Å². The van der Waals surface area contributed by atoms with Crippen LogP contribution >= 0.6 is 0 Å². The van der Waals surface area contributed by atoms with Crippen molar-refractivity contribution >= 4 is 5.69 Å². The molecule has 0 bridgehead atoms. The lowest BCUT2D eigenvalue weighted by Crippen LogP contribution is -2.13. The van der Waals surface area contributed by atoms with E-state index in [0.717, 1.165) is 35.7 Å². The standard InChI is InChI=1S/C14H16N4O/c15-10-5-7-11(8-6-10)19-9-14-16-12-3-1-2-4-13(12)17-18-14/h5-8H,1-4,9,15H2. The van der Waals surface area contributed by atoms with Crippen LogP contribution in [-0.4, -0.2) is 15.2 Å². The van der Waals surface area contributed by atoms with E-state index in [9.17, 15) is 0 Å². The second kappa shape index (κ2) is 5.22. The molecule has 0 spiro atoms. The Hall–Kier alpha value is -2.17. The van der Waals surface area contributed by atoms with Gasteiger partial charge in [-0.1, -0.05) is 0 Å². The molecule has 2 N–H and O–H groups in total. The molecule has 1 aliphatic carbocycles. The van der Waals surface area contributed by atoms with Gasteiger partial charge in [0.05, 0.1) is 11.4 Å². The zero-order chi connectivity index (χ0) is 13.1. The maximum atomic E-state index is 5.62. The molecule has 2 aromatic rings. The summed E-state index contributed by atoms with van der Waals surface area (Å²) in [5.41, 5.74) is 8.47. The normalized spacial score (nSPS) is 13.9. The van der Waals surface area contributed by atoms with Crippen molar-refractivity contribution in [1.29, 1.82) is 0 Å². The Balaban J connectivity index is 1.68. The van der Waals surface area contributed by atoms with E-state index >= 15 is 0 Å². The van der Waals surface area contributed by atoms with E-state index in [1.165, 1.54) is 12.8 Å². The number of nitrogens with zero attached hydrogens (tertiary/aromatic N) is 3. The third-order valence-corrected chi connectivity index (χ3v) is 3.21. The Morgan fingerprint density at radius 2 is 1.74 bits per heavy atom. The first-order valence-electron chi connectivity index (χ1n) is 6.51. The van der Waals surface area contributed by atoms with E-state index in [0.29, 0.717) is 12.4 Å². The molecular weight excluding hydrogens is 240 g/mol. The number of anilines is 1. The van der Waals surface area contributed by atoms with Crippen LogP contribution in [0.25, 0.3) is 0 Å². The average Bonchev–Trinajstić information content (AvgIpc) is 2.46. The summed E-state index contributed by atoms with van der Waals surface area (Å²) in [5, 5.41) is 8.35. The molecule has 0 aliphatic heterocycles. The monoisotopic (exact) mass is 256 g/mol. The van der Waals surface area contributed by atoms with E-state index in [1.54, 1.807) is 12.1 Å². The van der Waals surface area contributed by atoms with E-state index in [4.69, 9.17) is 10.5 Å². The fourth-order valence-corrected chi connectivity index (χ4v) is 2.17. The summed E-state index contributed by atoms with van der Waals surface area (Å²) >= 11 is 0. The second-order valence-corrected chi connectivity index (χ2v) is 4.69. The van der Waals surface area contributed by atoms with E-state index in [2.05, 4.69) is 15.2 Å². The SMILES string of the molecule is Nc1ccc(OCc2nnc3c(n2)CCCC3)cc1. The first-order chi connectivity index (χ1) is 9.31. The highest BCUT2D eigenvalue weighted by Crippen LogP contribution is 2.17. The minimum absolute atomic E-state index is 0.337. The number of rotatable bonds is 3. The maximum Gasteiger partial charge on any atom is 0.189 e. The number of fused-ring (bicyclic) bond motifs is 1. The van der Waals surface area contributed by atoms with Crippen molar-refractivity contribution in [2.75, 3.05) is 5.73 Å². The molecule has 0 unspecified atom stereocenters. The van der Waals surface area contributed by atoms with Gasteiger partial charge in [0, 0.05) is 5.69 Å². The van der Waals surface area contributed by atoms with Gasteiger partial charge in [-0.3, -0.25) is 0 Å². The predicted molar refractivity (Wildman–Crippen MR) is 71.7 cm³/mol. The van der Waals surface area contributed by atoms with Crippen molar-refractivity contribution in [3.8, 4) is 5.75 Å². The molecule has 0 amide bonds. The number of benzene rings is 1. The van der Waals surface area contributed by atoms with Gasteiger partial charge < -0.3 is 10.5 Å². The molecule has 1 aliphatic rings. The Morgan fingerprint density at radius 3 is 2.53 bits per heavy atom. The number of hydrogen-bond acceptors (Lipinski definition) is 5. The Labute approximate surface area is 111 Å². The third kappa shape index (κ3) is 2.81. The van der Waals surface area contributed by atoms with E-state index < -0.39 is 0 Å². The minimum Gasteiger partial charge on any atom is -0.486 e. The quantitative estimate of drug-likeness (QED) is 0.849. The summed E-state index contributed by atoms with van der Waals surface area (Å²) in [5.74, 6) is 1.40. The van der Waals surface area contributed by atoms with Crippen LogP contribution < -0.4 is 10.5 Å². The maximum absolute atomic E-state index is 5.62. The van der Waals surface area contributed by atoms with Gasteiger partial charge in [0.15, 0.2) is 5.82 Å². The molecule has 1 heterocycles. The second-order valence-electron chi connectivity index (χ2n) is 4.69. The van der Waals surface area contributed by atoms with Crippen LogP contribution in [0.15, 0.2) is 24.3 Å². The first kappa shape index (κ1) is 11.9. The molecule has 0 atom stereocenters. The van der Waals surface area contributed by atoms with Gasteiger partial charge in [-0.15, -0.1) is 5.10 Å². The number of aromatic nitrogens is 3. The van der Waals surface area contributed by atoms with Crippen LogP contribution in [0, 0.1) is 0 Å². The summed E-state index contributed by atoms with van der Waals surface area (Å²) in [6.07, 6.45) is 4.36. The number of hydrogen-bond donors (Lipinski definition) is 1. The Kier molecular flexibility index (Phi) is 3.27. The molecule has 0 saturated carbocycles. The van der Waals surface area contributed by atoms with Gasteiger partial charge in [-0.05, 0) is 49.9 Å². The molecule has 98 valence electrons. The molecule has 0 radical (unpaired) electrons. The molecule has 5 nitrogen and oxygen atoms in total. The van der Waals surface area contributed by atoms with Crippen molar-refractivity contribution in [2.24, 2.45) is 0 Å². The minimum atomic E-state index is 0.337. The smallest absolute Gasteiger partial charge is 0.189 e. The highest BCUT2D eigenvalue weighted by molar-refractivity contribution is 5.41. The summed E-state index contributed by atoms with van der Waals surface area (Å²) in [4.78, 5) is 4.52. The summed E-state index contributed by atoms with van der Waals surface area (Å²) in [7, 11) is 0. The molecule has 0 fully saturated rings.